The van der Waals surface area contributed by atoms with Gasteiger partial charge in [0.25, 0.3) is 5.91 Å². The molecule has 0 spiro atoms. The smallest absolute Gasteiger partial charge is 0.419 e. The van der Waals surface area contributed by atoms with E-state index in [1.165, 1.54) is 24.3 Å². The van der Waals surface area contributed by atoms with Crippen LogP contribution in [0, 0.1) is 5.82 Å². The fourth-order valence-electron chi connectivity index (χ4n) is 3.16. The summed E-state index contributed by atoms with van der Waals surface area (Å²) < 4.78 is 63.4. The van der Waals surface area contributed by atoms with E-state index in [9.17, 15) is 27.2 Å². The number of ether oxygens (including phenoxy) is 2. The molecule has 33 heavy (non-hydrogen) atoms. The van der Waals surface area contributed by atoms with Gasteiger partial charge in [-0.3, -0.25) is 14.5 Å². The number of morpholine rings is 1. The number of benzene rings is 2. The van der Waals surface area contributed by atoms with Crippen LogP contribution < -0.4 is 15.4 Å². The Bertz CT molecular complexity index is 978. The summed E-state index contributed by atoms with van der Waals surface area (Å²) in [6, 6.07) is 8.08. The van der Waals surface area contributed by atoms with Crippen LogP contribution in [0.2, 0.25) is 0 Å². The number of nitrogens with zero attached hydrogens (tertiary/aromatic N) is 1. The molecule has 0 aliphatic carbocycles. The molecule has 1 saturated heterocycles. The van der Waals surface area contributed by atoms with Crippen LogP contribution in [0.4, 0.5) is 28.9 Å². The second kappa shape index (κ2) is 11.1. The molecule has 2 aromatic carbocycles. The van der Waals surface area contributed by atoms with Crippen molar-refractivity contribution in [2.75, 3.05) is 50.1 Å². The topological polar surface area (TPSA) is 79.9 Å². The third-order valence-corrected chi connectivity index (χ3v) is 4.83. The Morgan fingerprint density at radius 3 is 2.48 bits per heavy atom. The summed E-state index contributed by atoms with van der Waals surface area (Å²) in [5.74, 6) is -2.31. The van der Waals surface area contributed by atoms with Gasteiger partial charge in [-0.25, -0.2) is 4.39 Å². The van der Waals surface area contributed by atoms with E-state index in [1.54, 1.807) is 0 Å². The quantitative estimate of drug-likeness (QED) is 0.579. The van der Waals surface area contributed by atoms with Crippen LogP contribution in [0.3, 0.4) is 0 Å². The van der Waals surface area contributed by atoms with Gasteiger partial charge in [-0.2, -0.15) is 13.2 Å². The number of hydrogen-bond acceptors (Lipinski definition) is 5. The number of alkyl halides is 3. The molecule has 2 aromatic rings. The molecule has 0 aromatic heterocycles. The van der Waals surface area contributed by atoms with Crippen LogP contribution in [0.25, 0.3) is 0 Å². The van der Waals surface area contributed by atoms with E-state index in [4.69, 9.17) is 9.47 Å². The lowest BCUT2D eigenvalue weighted by atomic mass is 10.2. The number of para-hydroxylation sites is 1. The van der Waals surface area contributed by atoms with Crippen molar-refractivity contribution in [3.8, 4) is 5.75 Å². The van der Waals surface area contributed by atoms with Gasteiger partial charge in [-0.15, -0.1) is 0 Å². The number of rotatable bonds is 8. The Kier molecular flexibility index (Phi) is 8.23. The van der Waals surface area contributed by atoms with Gasteiger partial charge in [0.05, 0.1) is 24.5 Å². The molecule has 2 amide bonds. The maximum Gasteiger partial charge on any atom is 0.419 e. The average molecular weight is 469 g/mol. The highest BCUT2D eigenvalue weighted by Gasteiger charge is 2.34. The highest BCUT2D eigenvalue weighted by molar-refractivity contribution is 5.94. The van der Waals surface area contributed by atoms with Crippen LogP contribution in [-0.2, 0) is 20.5 Å². The number of carbonyl (C=O) groups is 2. The summed E-state index contributed by atoms with van der Waals surface area (Å²) in [6.07, 6.45) is -4.47. The standard InChI is InChI=1S/C22H23F4N3O4/c23-17-6-5-15(13-18(17)28-20(30)7-8-29-9-11-32-12-10-29)27-21(31)14-33-19-4-2-1-3-16(19)22(24,25)26/h1-6,13H,7-12,14H2,(H,27,31)(H,28,30). The lowest BCUT2D eigenvalue weighted by Crippen LogP contribution is -2.38. The fraction of sp³-hybridized carbons (Fsp3) is 0.364. The minimum absolute atomic E-state index is 0.122. The van der Waals surface area contributed by atoms with E-state index in [0.29, 0.717) is 19.8 Å². The molecule has 3 rings (SSSR count). The highest BCUT2D eigenvalue weighted by atomic mass is 19.4. The molecule has 2 N–H and O–H groups in total. The molecule has 0 atom stereocenters. The zero-order valence-electron chi connectivity index (χ0n) is 17.6. The zero-order valence-corrected chi connectivity index (χ0v) is 17.6. The summed E-state index contributed by atoms with van der Waals surface area (Å²) in [7, 11) is 0. The first-order chi connectivity index (χ1) is 15.7. The lowest BCUT2D eigenvalue weighted by Gasteiger charge is -2.26. The van der Waals surface area contributed by atoms with Gasteiger partial charge in [-0.1, -0.05) is 12.1 Å². The third kappa shape index (κ3) is 7.43. The second-order valence-electron chi connectivity index (χ2n) is 7.28. The van der Waals surface area contributed by atoms with Crippen molar-refractivity contribution in [3.05, 3.63) is 53.8 Å². The number of hydrogen-bond donors (Lipinski definition) is 2. The van der Waals surface area contributed by atoms with E-state index < -0.39 is 41.7 Å². The van der Waals surface area contributed by atoms with Gasteiger partial charge < -0.3 is 20.1 Å². The second-order valence-corrected chi connectivity index (χ2v) is 7.28. The molecule has 7 nitrogen and oxygen atoms in total. The SMILES string of the molecule is O=C(COc1ccccc1C(F)(F)F)Nc1ccc(F)c(NC(=O)CCN2CCOCC2)c1. The van der Waals surface area contributed by atoms with E-state index >= 15 is 0 Å². The molecule has 1 fully saturated rings. The molecule has 1 aliphatic heterocycles. The zero-order chi connectivity index (χ0) is 23.8. The summed E-state index contributed by atoms with van der Waals surface area (Å²) in [6.45, 7) is 2.46. The summed E-state index contributed by atoms with van der Waals surface area (Å²) in [5, 5.41) is 4.88. The van der Waals surface area contributed by atoms with Crippen molar-refractivity contribution in [1.29, 1.82) is 0 Å². The normalized spacial score (nSPS) is 14.5. The van der Waals surface area contributed by atoms with Gasteiger partial charge in [-0.05, 0) is 30.3 Å². The van der Waals surface area contributed by atoms with Crippen molar-refractivity contribution in [1.82, 2.24) is 4.90 Å². The first kappa shape index (κ1) is 24.5. The van der Waals surface area contributed by atoms with Crippen LogP contribution >= 0.6 is 0 Å². The van der Waals surface area contributed by atoms with Gasteiger partial charge in [0.1, 0.15) is 11.6 Å². The summed E-state index contributed by atoms with van der Waals surface area (Å²) >= 11 is 0. The molecule has 0 unspecified atom stereocenters. The number of anilines is 2. The molecular weight excluding hydrogens is 446 g/mol. The summed E-state index contributed by atoms with van der Waals surface area (Å²) in [4.78, 5) is 26.4. The monoisotopic (exact) mass is 469 g/mol. The molecule has 0 bridgehead atoms. The van der Waals surface area contributed by atoms with Gasteiger partial charge in [0.15, 0.2) is 6.61 Å². The first-order valence-corrected chi connectivity index (χ1v) is 10.2. The molecule has 0 saturated carbocycles. The summed E-state index contributed by atoms with van der Waals surface area (Å²) in [5.41, 5.74) is -0.970. The molecule has 1 aliphatic rings. The van der Waals surface area contributed by atoms with E-state index in [0.717, 1.165) is 31.3 Å². The minimum atomic E-state index is -4.63. The predicted octanol–water partition coefficient (Wildman–Crippen LogP) is 3.52. The molecule has 11 heteroatoms. The minimum Gasteiger partial charge on any atom is -0.483 e. The van der Waals surface area contributed by atoms with Crippen LogP contribution in [0.5, 0.6) is 5.75 Å². The van der Waals surface area contributed by atoms with Gasteiger partial charge in [0.2, 0.25) is 5.91 Å². The van der Waals surface area contributed by atoms with E-state index in [2.05, 4.69) is 15.5 Å². The Hall–Kier alpha value is -3.18. The number of nitrogens with one attached hydrogen (secondary N) is 2. The van der Waals surface area contributed by atoms with Crippen LogP contribution in [0.15, 0.2) is 42.5 Å². The predicted molar refractivity (Wildman–Crippen MR) is 112 cm³/mol. The Labute approximate surface area is 187 Å². The number of halogens is 4. The number of carbonyl (C=O) groups excluding carboxylic acids is 2. The van der Waals surface area contributed by atoms with Crippen molar-refractivity contribution in [2.24, 2.45) is 0 Å². The van der Waals surface area contributed by atoms with Crippen molar-refractivity contribution >= 4 is 23.2 Å². The van der Waals surface area contributed by atoms with Crippen LogP contribution in [-0.4, -0.2) is 56.2 Å². The Morgan fingerprint density at radius 2 is 1.76 bits per heavy atom. The van der Waals surface area contributed by atoms with Gasteiger partial charge >= 0.3 is 6.18 Å². The number of amides is 2. The van der Waals surface area contributed by atoms with Crippen molar-refractivity contribution in [2.45, 2.75) is 12.6 Å². The van der Waals surface area contributed by atoms with Crippen molar-refractivity contribution in [3.63, 3.8) is 0 Å². The lowest BCUT2D eigenvalue weighted by molar-refractivity contribution is -0.139. The molecule has 0 radical (unpaired) electrons. The maximum absolute atomic E-state index is 14.1. The largest absolute Gasteiger partial charge is 0.483 e. The van der Waals surface area contributed by atoms with Crippen molar-refractivity contribution < 1.29 is 36.6 Å². The fourth-order valence-corrected chi connectivity index (χ4v) is 3.16. The molecule has 178 valence electrons. The average Bonchev–Trinajstić information content (AvgIpc) is 2.79. The first-order valence-electron chi connectivity index (χ1n) is 10.2. The van der Waals surface area contributed by atoms with E-state index in [1.807, 2.05) is 0 Å². The molecular formula is C22H23F4N3O4. The van der Waals surface area contributed by atoms with E-state index in [-0.39, 0.29) is 17.8 Å². The van der Waals surface area contributed by atoms with Gasteiger partial charge in [0, 0.05) is 31.7 Å². The highest BCUT2D eigenvalue weighted by Crippen LogP contribution is 2.35. The Morgan fingerprint density at radius 1 is 1.03 bits per heavy atom. The van der Waals surface area contributed by atoms with Crippen LogP contribution in [0.1, 0.15) is 12.0 Å². The Balaban J connectivity index is 1.53. The third-order valence-electron chi connectivity index (χ3n) is 4.83. The maximum atomic E-state index is 14.1. The molecule has 1 heterocycles.